The van der Waals surface area contributed by atoms with Crippen LogP contribution >= 0.6 is 0 Å². The molecule has 0 radical (unpaired) electrons. The van der Waals surface area contributed by atoms with Crippen molar-refractivity contribution < 1.29 is 37.0 Å². The quantitative estimate of drug-likeness (QED) is 0.778. The average Bonchev–Trinajstić information content (AvgIpc) is 2.67. The third-order valence-corrected chi connectivity index (χ3v) is 3.61. The fourth-order valence-electron chi connectivity index (χ4n) is 2.30. The van der Waals surface area contributed by atoms with Gasteiger partial charge in [-0.05, 0) is 24.3 Å². The van der Waals surface area contributed by atoms with Crippen LogP contribution in [0, 0.1) is 0 Å². The van der Waals surface area contributed by atoms with Crippen molar-refractivity contribution in [3.8, 4) is 17.2 Å². The Morgan fingerprint density at radius 3 is 1.79 bits per heavy atom. The molecule has 2 aromatic rings. The second-order valence-electron chi connectivity index (χ2n) is 5.37. The first-order chi connectivity index (χ1) is 13.2. The van der Waals surface area contributed by atoms with Crippen molar-refractivity contribution in [2.75, 3.05) is 32.0 Å². The highest BCUT2D eigenvalue weighted by atomic mass is 19.4. The molecule has 0 atom stereocenters. The number of carbonyl (C=O) groups excluding carboxylic acids is 2. The summed E-state index contributed by atoms with van der Waals surface area (Å²) in [4.78, 5) is 23.8. The second kappa shape index (κ2) is 8.51. The molecule has 0 aromatic heterocycles. The van der Waals surface area contributed by atoms with Gasteiger partial charge in [-0.1, -0.05) is 12.1 Å². The van der Waals surface area contributed by atoms with E-state index in [0.717, 1.165) is 0 Å². The monoisotopic (exact) mass is 398 g/mol. The normalized spacial score (nSPS) is 10.8. The summed E-state index contributed by atoms with van der Waals surface area (Å²) in [7, 11) is 4.15. The van der Waals surface area contributed by atoms with Crippen molar-refractivity contribution in [3.63, 3.8) is 0 Å². The van der Waals surface area contributed by atoms with Crippen molar-refractivity contribution in [3.05, 3.63) is 42.0 Å². The number of hydrogen-bond acceptors (Lipinski definition) is 5. The number of hydrogen-bond donors (Lipinski definition) is 2. The standard InChI is InChI=1S/C18H17F3N2O5/c1-26-13-8-10(9-14(27-2)15(13)28-3)16(24)22-11-6-4-5-7-12(11)23-17(25)18(19,20)21/h4-9H,1-3H3,(H,22,24)(H,23,25). The van der Waals surface area contributed by atoms with Gasteiger partial charge in [0.25, 0.3) is 5.91 Å². The molecule has 150 valence electrons. The fraction of sp³-hybridized carbons (Fsp3) is 0.222. The van der Waals surface area contributed by atoms with Gasteiger partial charge in [0.2, 0.25) is 5.75 Å². The third kappa shape index (κ3) is 4.64. The van der Waals surface area contributed by atoms with Crippen LogP contribution < -0.4 is 24.8 Å². The van der Waals surface area contributed by atoms with Gasteiger partial charge in [-0.25, -0.2) is 0 Å². The Labute approximate surface area is 158 Å². The molecule has 0 heterocycles. The summed E-state index contributed by atoms with van der Waals surface area (Å²) >= 11 is 0. The van der Waals surface area contributed by atoms with E-state index < -0.39 is 18.0 Å². The Balaban J connectivity index is 2.32. The van der Waals surface area contributed by atoms with E-state index in [4.69, 9.17) is 14.2 Å². The maximum absolute atomic E-state index is 12.6. The SMILES string of the molecule is COc1cc(C(=O)Nc2ccccc2NC(=O)C(F)(F)F)cc(OC)c1OC. The molecule has 2 rings (SSSR count). The summed E-state index contributed by atoms with van der Waals surface area (Å²) in [5.74, 6) is -2.08. The molecule has 0 fully saturated rings. The average molecular weight is 398 g/mol. The lowest BCUT2D eigenvalue weighted by Crippen LogP contribution is -2.30. The Hall–Kier alpha value is -3.43. The largest absolute Gasteiger partial charge is 0.493 e. The molecular formula is C18H17F3N2O5. The molecule has 2 N–H and O–H groups in total. The first kappa shape index (κ1) is 20.9. The number of alkyl halides is 3. The topological polar surface area (TPSA) is 85.9 Å². The molecule has 7 nitrogen and oxygen atoms in total. The van der Waals surface area contributed by atoms with Crippen molar-refractivity contribution in [2.45, 2.75) is 6.18 Å². The predicted octanol–water partition coefficient (Wildman–Crippen LogP) is 3.47. The minimum atomic E-state index is -5.06. The summed E-state index contributed by atoms with van der Waals surface area (Å²) in [6.07, 6.45) is -5.06. The molecular weight excluding hydrogens is 381 g/mol. The van der Waals surface area contributed by atoms with E-state index in [1.165, 1.54) is 57.7 Å². The summed E-state index contributed by atoms with van der Waals surface area (Å²) in [6.45, 7) is 0. The zero-order chi connectivity index (χ0) is 20.9. The Morgan fingerprint density at radius 1 is 0.857 bits per heavy atom. The number of para-hydroxylation sites is 2. The van der Waals surface area contributed by atoms with Gasteiger partial charge in [-0.3, -0.25) is 9.59 Å². The highest BCUT2D eigenvalue weighted by Crippen LogP contribution is 2.38. The maximum atomic E-state index is 12.6. The van der Waals surface area contributed by atoms with Crippen LogP contribution in [0.3, 0.4) is 0 Å². The smallest absolute Gasteiger partial charge is 0.471 e. The number of rotatable bonds is 6. The van der Waals surface area contributed by atoms with Gasteiger partial charge in [0.1, 0.15) is 0 Å². The van der Waals surface area contributed by atoms with Gasteiger partial charge >= 0.3 is 12.1 Å². The Kier molecular flexibility index (Phi) is 6.34. The van der Waals surface area contributed by atoms with E-state index in [0.29, 0.717) is 0 Å². The zero-order valence-corrected chi connectivity index (χ0v) is 15.1. The van der Waals surface area contributed by atoms with E-state index in [1.807, 2.05) is 0 Å². The van der Waals surface area contributed by atoms with Gasteiger partial charge < -0.3 is 24.8 Å². The van der Waals surface area contributed by atoms with Crippen LogP contribution in [-0.2, 0) is 4.79 Å². The molecule has 0 aliphatic heterocycles. The first-order valence-electron chi connectivity index (χ1n) is 7.79. The van der Waals surface area contributed by atoms with E-state index >= 15 is 0 Å². The van der Waals surface area contributed by atoms with Gasteiger partial charge in [0.15, 0.2) is 11.5 Å². The summed E-state index contributed by atoms with van der Waals surface area (Å²) in [6, 6.07) is 8.26. The molecule has 2 amide bonds. The van der Waals surface area contributed by atoms with E-state index in [1.54, 1.807) is 5.32 Å². The molecule has 0 aliphatic rings. The van der Waals surface area contributed by atoms with Gasteiger partial charge in [-0.2, -0.15) is 13.2 Å². The van der Waals surface area contributed by atoms with E-state index in [2.05, 4.69) is 5.32 Å². The zero-order valence-electron chi connectivity index (χ0n) is 15.1. The molecule has 10 heteroatoms. The van der Waals surface area contributed by atoms with Crippen LogP contribution in [0.15, 0.2) is 36.4 Å². The highest BCUT2D eigenvalue weighted by Gasteiger charge is 2.39. The number of methoxy groups -OCH3 is 3. The predicted molar refractivity (Wildman–Crippen MR) is 95.2 cm³/mol. The van der Waals surface area contributed by atoms with Crippen molar-refractivity contribution in [2.24, 2.45) is 0 Å². The molecule has 0 aliphatic carbocycles. The van der Waals surface area contributed by atoms with Crippen LogP contribution in [0.5, 0.6) is 17.2 Å². The lowest BCUT2D eigenvalue weighted by atomic mass is 10.1. The second-order valence-corrected chi connectivity index (χ2v) is 5.37. The molecule has 28 heavy (non-hydrogen) atoms. The number of nitrogens with one attached hydrogen (secondary N) is 2. The number of benzene rings is 2. The third-order valence-electron chi connectivity index (χ3n) is 3.61. The molecule has 0 bridgehead atoms. The minimum absolute atomic E-state index is 0.0150. The molecule has 0 spiro atoms. The van der Waals surface area contributed by atoms with Crippen LogP contribution in [0.4, 0.5) is 24.5 Å². The highest BCUT2D eigenvalue weighted by molar-refractivity contribution is 6.08. The number of ether oxygens (including phenoxy) is 3. The lowest BCUT2D eigenvalue weighted by molar-refractivity contribution is -0.167. The molecule has 0 saturated heterocycles. The van der Waals surface area contributed by atoms with Crippen LogP contribution in [-0.4, -0.2) is 39.3 Å². The van der Waals surface area contributed by atoms with Crippen molar-refractivity contribution in [1.82, 2.24) is 0 Å². The number of amides is 2. The fourth-order valence-corrected chi connectivity index (χ4v) is 2.30. The van der Waals surface area contributed by atoms with Crippen LogP contribution in [0.25, 0.3) is 0 Å². The van der Waals surface area contributed by atoms with Crippen molar-refractivity contribution >= 4 is 23.2 Å². The Morgan fingerprint density at radius 2 is 1.36 bits per heavy atom. The maximum Gasteiger partial charge on any atom is 0.471 e. The number of anilines is 2. The molecule has 0 saturated carbocycles. The van der Waals surface area contributed by atoms with E-state index in [9.17, 15) is 22.8 Å². The van der Waals surface area contributed by atoms with Crippen LogP contribution in [0.2, 0.25) is 0 Å². The molecule has 0 unspecified atom stereocenters. The Bertz CT molecular complexity index is 859. The van der Waals surface area contributed by atoms with E-state index in [-0.39, 0.29) is 34.2 Å². The summed E-state index contributed by atoms with van der Waals surface area (Å²) in [5, 5.41) is 4.17. The first-order valence-corrected chi connectivity index (χ1v) is 7.79. The van der Waals surface area contributed by atoms with Gasteiger partial charge in [0, 0.05) is 5.56 Å². The number of halogens is 3. The number of carbonyl (C=O) groups is 2. The van der Waals surface area contributed by atoms with Gasteiger partial charge in [-0.15, -0.1) is 0 Å². The van der Waals surface area contributed by atoms with Crippen LogP contribution in [0.1, 0.15) is 10.4 Å². The summed E-state index contributed by atoms with van der Waals surface area (Å²) < 4.78 is 53.0. The molecule has 2 aromatic carbocycles. The lowest BCUT2D eigenvalue weighted by Gasteiger charge is -2.15. The van der Waals surface area contributed by atoms with Gasteiger partial charge in [0.05, 0.1) is 32.7 Å². The van der Waals surface area contributed by atoms with Crippen molar-refractivity contribution in [1.29, 1.82) is 0 Å². The summed E-state index contributed by atoms with van der Waals surface area (Å²) in [5.41, 5.74) is -0.115. The minimum Gasteiger partial charge on any atom is -0.493 e.